The Hall–Kier alpha value is -2.66. The molecular formula is C22H27N3O2. The topological polar surface area (TPSA) is 43.9 Å². The molecule has 5 heteroatoms. The summed E-state index contributed by atoms with van der Waals surface area (Å²) in [5.41, 5.74) is 2.78. The van der Waals surface area contributed by atoms with E-state index in [-0.39, 0.29) is 17.7 Å². The van der Waals surface area contributed by atoms with E-state index in [2.05, 4.69) is 9.80 Å². The Morgan fingerprint density at radius 3 is 2.07 bits per heavy atom. The zero-order chi connectivity index (χ0) is 19.4. The number of carbonyl (C=O) groups is 2. The number of ketones is 1. The lowest BCUT2D eigenvalue weighted by molar-refractivity contribution is -0.123. The minimum Gasteiger partial charge on any atom is -0.369 e. The lowest BCUT2D eigenvalue weighted by atomic mass is 10.1. The molecule has 1 aliphatic heterocycles. The van der Waals surface area contributed by atoms with Gasteiger partial charge in [-0.2, -0.15) is 0 Å². The first kappa shape index (κ1) is 19.1. The van der Waals surface area contributed by atoms with Gasteiger partial charge in [-0.25, -0.2) is 0 Å². The van der Waals surface area contributed by atoms with E-state index in [1.165, 1.54) is 0 Å². The molecule has 0 unspecified atom stereocenters. The fourth-order valence-electron chi connectivity index (χ4n) is 3.49. The van der Waals surface area contributed by atoms with E-state index in [9.17, 15) is 9.59 Å². The maximum atomic E-state index is 12.8. The van der Waals surface area contributed by atoms with Gasteiger partial charge in [0.05, 0.1) is 6.04 Å². The van der Waals surface area contributed by atoms with Gasteiger partial charge in [0.15, 0.2) is 5.78 Å². The van der Waals surface area contributed by atoms with Gasteiger partial charge in [-0.05, 0) is 50.2 Å². The molecule has 1 saturated heterocycles. The molecule has 0 bridgehead atoms. The minimum atomic E-state index is -0.155. The molecule has 1 aliphatic rings. The van der Waals surface area contributed by atoms with Crippen LogP contribution in [0.3, 0.4) is 0 Å². The zero-order valence-corrected chi connectivity index (χ0v) is 16.3. The van der Waals surface area contributed by atoms with Gasteiger partial charge >= 0.3 is 0 Å². The molecule has 0 aromatic heterocycles. The Labute approximate surface area is 161 Å². The Kier molecular flexibility index (Phi) is 5.91. The SMILES string of the molecule is CC(=O)c1ccc(N2CCN([C@H](C)C(=O)N(C)c3ccccc3)CC2)cc1. The molecule has 2 aromatic carbocycles. The lowest BCUT2D eigenvalue weighted by Gasteiger charge is -2.39. The maximum absolute atomic E-state index is 12.8. The second kappa shape index (κ2) is 8.35. The fraction of sp³-hybridized carbons (Fsp3) is 0.364. The van der Waals surface area contributed by atoms with E-state index in [1.807, 2.05) is 68.6 Å². The van der Waals surface area contributed by atoms with Crippen LogP contribution >= 0.6 is 0 Å². The fourth-order valence-corrected chi connectivity index (χ4v) is 3.49. The van der Waals surface area contributed by atoms with Gasteiger partial charge < -0.3 is 9.80 Å². The predicted octanol–water partition coefficient (Wildman–Crippen LogP) is 3.06. The highest BCUT2D eigenvalue weighted by molar-refractivity contribution is 5.96. The van der Waals surface area contributed by atoms with Crippen molar-refractivity contribution in [1.29, 1.82) is 0 Å². The summed E-state index contributed by atoms with van der Waals surface area (Å²) in [5.74, 6) is 0.196. The number of para-hydroxylation sites is 1. The maximum Gasteiger partial charge on any atom is 0.243 e. The van der Waals surface area contributed by atoms with Crippen molar-refractivity contribution < 1.29 is 9.59 Å². The summed E-state index contributed by atoms with van der Waals surface area (Å²) >= 11 is 0. The van der Waals surface area contributed by atoms with Crippen molar-refractivity contribution in [3.8, 4) is 0 Å². The van der Waals surface area contributed by atoms with Crippen molar-refractivity contribution in [1.82, 2.24) is 4.90 Å². The Morgan fingerprint density at radius 1 is 0.926 bits per heavy atom. The van der Waals surface area contributed by atoms with Gasteiger partial charge in [0, 0.05) is 50.2 Å². The molecule has 0 aliphatic carbocycles. The van der Waals surface area contributed by atoms with Crippen LogP contribution in [0.15, 0.2) is 54.6 Å². The van der Waals surface area contributed by atoms with Crippen molar-refractivity contribution in [2.45, 2.75) is 19.9 Å². The number of carbonyl (C=O) groups excluding carboxylic acids is 2. The number of hydrogen-bond acceptors (Lipinski definition) is 4. The van der Waals surface area contributed by atoms with Gasteiger partial charge in [-0.1, -0.05) is 18.2 Å². The summed E-state index contributed by atoms with van der Waals surface area (Å²) in [6.07, 6.45) is 0. The smallest absolute Gasteiger partial charge is 0.243 e. The third kappa shape index (κ3) is 4.37. The molecule has 3 rings (SSSR count). The van der Waals surface area contributed by atoms with Gasteiger partial charge in [0.1, 0.15) is 0 Å². The van der Waals surface area contributed by atoms with Crippen molar-refractivity contribution in [2.24, 2.45) is 0 Å². The van der Waals surface area contributed by atoms with Crippen molar-refractivity contribution in [3.63, 3.8) is 0 Å². The molecule has 27 heavy (non-hydrogen) atoms. The van der Waals surface area contributed by atoms with E-state index < -0.39 is 0 Å². The normalized spacial score (nSPS) is 16.0. The summed E-state index contributed by atoms with van der Waals surface area (Å²) in [6, 6.07) is 17.4. The van der Waals surface area contributed by atoms with Crippen LogP contribution in [0, 0.1) is 0 Å². The molecule has 1 amide bonds. The van der Waals surface area contributed by atoms with Gasteiger partial charge in [-0.3, -0.25) is 14.5 Å². The van der Waals surface area contributed by atoms with Crippen LogP contribution in [-0.4, -0.2) is 55.9 Å². The number of rotatable bonds is 5. The first-order valence-corrected chi connectivity index (χ1v) is 9.40. The Bertz CT molecular complexity index is 781. The first-order valence-electron chi connectivity index (χ1n) is 9.40. The van der Waals surface area contributed by atoms with E-state index >= 15 is 0 Å². The average Bonchev–Trinajstić information content (AvgIpc) is 2.73. The monoisotopic (exact) mass is 365 g/mol. The van der Waals surface area contributed by atoms with Gasteiger partial charge in [0.2, 0.25) is 5.91 Å². The zero-order valence-electron chi connectivity index (χ0n) is 16.3. The van der Waals surface area contributed by atoms with Crippen LogP contribution in [0.25, 0.3) is 0 Å². The van der Waals surface area contributed by atoms with Crippen molar-refractivity contribution >= 4 is 23.1 Å². The molecule has 2 aromatic rings. The van der Waals surface area contributed by atoms with Crippen LogP contribution < -0.4 is 9.80 Å². The van der Waals surface area contributed by atoms with E-state index in [0.29, 0.717) is 0 Å². The number of anilines is 2. The molecule has 0 radical (unpaired) electrons. The second-order valence-electron chi connectivity index (χ2n) is 7.03. The molecule has 142 valence electrons. The molecule has 0 N–H and O–H groups in total. The van der Waals surface area contributed by atoms with Crippen LogP contribution in [-0.2, 0) is 4.79 Å². The largest absolute Gasteiger partial charge is 0.369 e. The van der Waals surface area contributed by atoms with Gasteiger partial charge in [-0.15, -0.1) is 0 Å². The van der Waals surface area contributed by atoms with Crippen molar-refractivity contribution in [2.75, 3.05) is 43.0 Å². The quantitative estimate of drug-likeness (QED) is 0.764. The number of piperazine rings is 1. The number of Topliss-reactive ketones (excluding diaryl/α,β-unsaturated/α-hetero) is 1. The molecular weight excluding hydrogens is 338 g/mol. The van der Waals surface area contributed by atoms with E-state index in [1.54, 1.807) is 11.8 Å². The van der Waals surface area contributed by atoms with Crippen LogP contribution in [0.2, 0.25) is 0 Å². The second-order valence-corrected chi connectivity index (χ2v) is 7.03. The number of hydrogen-bond donors (Lipinski definition) is 0. The summed E-state index contributed by atoms with van der Waals surface area (Å²) < 4.78 is 0. The Morgan fingerprint density at radius 2 is 1.52 bits per heavy atom. The number of nitrogens with zero attached hydrogens (tertiary/aromatic N) is 3. The van der Waals surface area contributed by atoms with E-state index in [4.69, 9.17) is 0 Å². The third-order valence-electron chi connectivity index (χ3n) is 5.33. The minimum absolute atomic E-state index is 0.0845. The van der Waals surface area contributed by atoms with E-state index in [0.717, 1.165) is 43.1 Å². The van der Waals surface area contributed by atoms with Crippen LogP contribution in [0.4, 0.5) is 11.4 Å². The highest BCUT2D eigenvalue weighted by atomic mass is 16.2. The molecule has 1 fully saturated rings. The molecule has 1 heterocycles. The number of benzene rings is 2. The Balaban J connectivity index is 1.58. The summed E-state index contributed by atoms with van der Waals surface area (Å²) in [6.45, 7) is 6.98. The highest BCUT2D eigenvalue weighted by Gasteiger charge is 2.28. The number of amides is 1. The summed E-state index contributed by atoms with van der Waals surface area (Å²) in [4.78, 5) is 30.5. The first-order chi connectivity index (χ1) is 13.0. The van der Waals surface area contributed by atoms with Crippen molar-refractivity contribution in [3.05, 3.63) is 60.2 Å². The molecule has 0 saturated carbocycles. The van der Waals surface area contributed by atoms with Crippen LogP contribution in [0.5, 0.6) is 0 Å². The molecule has 5 nitrogen and oxygen atoms in total. The predicted molar refractivity (Wildman–Crippen MR) is 110 cm³/mol. The van der Waals surface area contributed by atoms with Crippen LogP contribution in [0.1, 0.15) is 24.2 Å². The third-order valence-corrected chi connectivity index (χ3v) is 5.33. The average molecular weight is 365 g/mol. The molecule has 1 atom stereocenters. The molecule has 0 spiro atoms. The summed E-state index contributed by atoms with van der Waals surface area (Å²) in [7, 11) is 1.83. The highest BCUT2D eigenvalue weighted by Crippen LogP contribution is 2.20. The lowest BCUT2D eigenvalue weighted by Crippen LogP contribution is -2.54. The summed E-state index contributed by atoms with van der Waals surface area (Å²) in [5, 5.41) is 0. The number of likely N-dealkylation sites (N-methyl/N-ethyl adjacent to an activating group) is 1. The standard InChI is InChI=1S/C22H27N3O2/c1-17(22(27)23(3)20-7-5-4-6-8-20)24-13-15-25(16-14-24)21-11-9-19(10-12-21)18(2)26/h4-12,17H,13-16H2,1-3H3/t17-/m1/s1. The van der Waals surface area contributed by atoms with Gasteiger partial charge in [0.25, 0.3) is 0 Å².